The highest BCUT2D eigenvalue weighted by molar-refractivity contribution is 14.0. The van der Waals surface area contributed by atoms with E-state index >= 15 is 0 Å². The molecule has 7 nitrogen and oxygen atoms in total. The fraction of sp³-hybridized carbons (Fsp3) is 0.435. The number of unbranched alkanes of at least 4 members (excludes halogenated alkanes) is 1. The first-order chi connectivity index (χ1) is 14.7. The third-order valence-electron chi connectivity index (χ3n) is 4.53. The van der Waals surface area contributed by atoms with E-state index in [0.717, 1.165) is 37.5 Å². The zero-order valence-electron chi connectivity index (χ0n) is 18.8. The molecule has 0 unspecified atom stereocenters. The van der Waals surface area contributed by atoms with Crippen molar-refractivity contribution in [2.24, 2.45) is 4.99 Å². The molecule has 0 aliphatic rings. The van der Waals surface area contributed by atoms with Crippen molar-refractivity contribution in [1.29, 1.82) is 0 Å². The van der Waals surface area contributed by atoms with Crippen LogP contribution in [0.2, 0.25) is 0 Å². The fourth-order valence-corrected chi connectivity index (χ4v) is 2.94. The van der Waals surface area contributed by atoms with Crippen LogP contribution in [0.15, 0.2) is 47.5 Å². The summed E-state index contributed by atoms with van der Waals surface area (Å²) in [4.78, 5) is 4.27. The van der Waals surface area contributed by atoms with Crippen LogP contribution in [-0.4, -0.2) is 47.5 Å². The van der Waals surface area contributed by atoms with Gasteiger partial charge in [0.25, 0.3) is 0 Å². The first kappa shape index (κ1) is 26.8. The minimum absolute atomic E-state index is 0. The van der Waals surface area contributed by atoms with Gasteiger partial charge >= 0.3 is 0 Å². The Morgan fingerprint density at radius 1 is 0.871 bits per heavy atom. The summed E-state index contributed by atoms with van der Waals surface area (Å²) < 4.78 is 21.9. The number of ether oxygens (including phenoxy) is 4. The topological polar surface area (TPSA) is 73.3 Å². The summed E-state index contributed by atoms with van der Waals surface area (Å²) in [6.07, 6.45) is 1.99. The Morgan fingerprint density at radius 3 is 2.13 bits per heavy atom. The van der Waals surface area contributed by atoms with Gasteiger partial charge in [-0.05, 0) is 36.1 Å². The molecular weight excluding hydrogens is 509 g/mol. The molecule has 0 saturated heterocycles. The number of nitrogens with zero attached hydrogens (tertiary/aromatic N) is 1. The van der Waals surface area contributed by atoms with E-state index in [1.54, 1.807) is 28.4 Å². The highest BCUT2D eigenvalue weighted by atomic mass is 127. The second-order valence-electron chi connectivity index (χ2n) is 6.63. The van der Waals surface area contributed by atoms with E-state index in [1.807, 2.05) is 30.3 Å². The molecule has 2 aromatic rings. The van der Waals surface area contributed by atoms with Crippen molar-refractivity contribution in [3.8, 4) is 17.2 Å². The monoisotopic (exact) mass is 543 g/mol. The average molecular weight is 543 g/mol. The first-order valence-corrected chi connectivity index (χ1v) is 10.1. The molecule has 0 aliphatic carbocycles. The molecule has 172 valence electrons. The van der Waals surface area contributed by atoms with Gasteiger partial charge in [-0.15, -0.1) is 24.0 Å². The molecule has 0 aromatic heterocycles. The number of hydrogen-bond donors (Lipinski definition) is 2. The summed E-state index contributed by atoms with van der Waals surface area (Å²) in [5, 5.41) is 6.63. The van der Waals surface area contributed by atoms with Crippen LogP contribution in [0, 0.1) is 0 Å². The van der Waals surface area contributed by atoms with Gasteiger partial charge in [-0.2, -0.15) is 0 Å². The van der Waals surface area contributed by atoms with Gasteiger partial charge in [0, 0.05) is 26.7 Å². The number of nitrogens with one attached hydrogen (secondary N) is 2. The third-order valence-corrected chi connectivity index (χ3v) is 4.53. The Hall–Kier alpha value is -2.20. The predicted molar refractivity (Wildman–Crippen MR) is 135 cm³/mol. The van der Waals surface area contributed by atoms with E-state index in [-0.39, 0.29) is 24.0 Å². The van der Waals surface area contributed by atoms with Crippen LogP contribution in [-0.2, 0) is 17.9 Å². The van der Waals surface area contributed by atoms with Gasteiger partial charge < -0.3 is 29.6 Å². The molecule has 0 spiro atoms. The van der Waals surface area contributed by atoms with E-state index in [0.29, 0.717) is 30.4 Å². The minimum Gasteiger partial charge on any atom is -0.493 e. The molecule has 0 amide bonds. The van der Waals surface area contributed by atoms with Crippen molar-refractivity contribution < 1.29 is 18.9 Å². The van der Waals surface area contributed by atoms with Crippen LogP contribution in [0.25, 0.3) is 0 Å². The second-order valence-corrected chi connectivity index (χ2v) is 6.63. The fourth-order valence-electron chi connectivity index (χ4n) is 2.94. The largest absolute Gasteiger partial charge is 0.493 e. The molecule has 2 rings (SSSR count). The average Bonchev–Trinajstić information content (AvgIpc) is 2.80. The van der Waals surface area contributed by atoms with Crippen molar-refractivity contribution >= 4 is 29.9 Å². The number of aliphatic imine (C=N–C) groups is 1. The molecule has 0 fully saturated rings. The molecule has 31 heavy (non-hydrogen) atoms. The quantitative estimate of drug-likeness (QED) is 0.183. The molecule has 0 aliphatic heterocycles. The zero-order chi connectivity index (χ0) is 21.6. The van der Waals surface area contributed by atoms with Gasteiger partial charge in [-0.3, -0.25) is 4.99 Å². The Morgan fingerprint density at radius 2 is 1.55 bits per heavy atom. The lowest BCUT2D eigenvalue weighted by Crippen LogP contribution is -2.37. The Labute approximate surface area is 202 Å². The summed E-state index contributed by atoms with van der Waals surface area (Å²) in [5.74, 6) is 2.59. The minimum atomic E-state index is 0. The van der Waals surface area contributed by atoms with E-state index in [9.17, 15) is 0 Å². The lowest BCUT2D eigenvalue weighted by Gasteiger charge is -2.16. The van der Waals surface area contributed by atoms with Crippen molar-refractivity contribution in [2.45, 2.75) is 26.0 Å². The van der Waals surface area contributed by atoms with Crippen LogP contribution in [0.1, 0.15) is 24.0 Å². The SMILES string of the molecule is CN=C(NCCCCOCc1ccccc1)NCc1cc(OC)c(OC)c(OC)c1.I. The van der Waals surface area contributed by atoms with Gasteiger partial charge in [0.2, 0.25) is 5.75 Å². The van der Waals surface area contributed by atoms with Gasteiger partial charge in [-0.1, -0.05) is 30.3 Å². The summed E-state index contributed by atoms with van der Waals surface area (Å²) in [6, 6.07) is 14.1. The van der Waals surface area contributed by atoms with E-state index in [1.165, 1.54) is 5.56 Å². The summed E-state index contributed by atoms with van der Waals surface area (Å²) in [5.41, 5.74) is 2.20. The molecule has 2 N–H and O–H groups in total. The normalized spacial score (nSPS) is 10.8. The molecule has 0 heterocycles. The summed E-state index contributed by atoms with van der Waals surface area (Å²) in [6.45, 7) is 2.81. The Balaban J connectivity index is 0.00000480. The number of methoxy groups -OCH3 is 3. The number of benzene rings is 2. The van der Waals surface area contributed by atoms with Crippen molar-refractivity contribution in [2.75, 3.05) is 41.5 Å². The highest BCUT2D eigenvalue weighted by Gasteiger charge is 2.13. The van der Waals surface area contributed by atoms with E-state index in [2.05, 4.69) is 27.8 Å². The summed E-state index contributed by atoms with van der Waals surface area (Å²) in [7, 11) is 6.57. The predicted octanol–water partition coefficient (Wildman–Crippen LogP) is 3.99. The smallest absolute Gasteiger partial charge is 0.203 e. The maximum Gasteiger partial charge on any atom is 0.203 e. The molecule has 8 heteroatoms. The highest BCUT2D eigenvalue weighted by Crippen LogP contribution is 2.38. The van der Waals surface area contributed by atoms with Gasteiger partial charge in [0.15, 0.2) is 17.5 Å². The molecule has 2 aromatic carbocycles. The summed E-state index contributed by atoms with van der Waals surface area (Å²) >= 11 is 0. The molecule has 0 saturated carbocycles. The molecule has 0 atom stereocenters. The van der Waals surface area contributed by atoms with Gasteiger partial charge in [0.1, 0.15) is 0 Å². The van der Waals surface area contributed by atoms with Crippen molar-refractivity contribution in [3.63, 3.8) is 0 Å². The van der Waals surface area contributed by atoms with Crippen molar-refractivity contribution in [3.05, 3.63) is 53.6 Å². The maximum atomic E-state index is 5.71. The van der Waals surface area contributed by atoms with Crippen LogP contribution < -0.4 is 24.8 Å². The second kappa shape index (κ2) is 15.6. The first-order valence-electron chi connectivity index (χ1n) is 10.1. The van der Waals surface area contributed by atoms with Crippen molar-refractivity contribution in [1.82, 2.24) is 10.6 Å². The van der Waals surface area contributed by atoms with Gasteiger partial charge in [0.05, 0.1) is 27.9 Å². The Kier molecular flexibility index (Phi) is 13.5. The molecular formula is C23H34IN3O4. The zero-order valence-corrected chi connectivity index (χ0v) is 21.1. The van der Waals surface area contributed by atoms with Crippen LogP contribution in [0.4, 0.5) is 0 Å². The standard InChI is InChI=1S/C23H33N3O4.HI/c1-24-23(25-12-8-9-13-30-17-18-10-6-5-7-11-18)26-16-19-14-20(27-2)22(29-4)21(15-19)28-3;/h5-7,10-11,14-15H,8-9,12-13,16-17H2,1-4H3,(H2,24,25,26);1H. The lowest BCUT2D eigenvalue weighted by molar-refractivity contribution is 0.117. The Bertz CT molecular complexity index is 763. The number of rotatable bonds is 12. The number of halogens is 1. The molecule has 0 bridgehead atoms. The van der Waals surface area contributed by atoms with Crippen LogP contribution >= 0.6 is 24.0 Å². The van der Waals surface area contributed by atoms with Crippen LogP contribution in [0.5, 0.6) is 17.2 Å². The number of hydrogen-bond acceptors (Lipinski definition) is 5. The third kappa shape index (κ3) is 9.22. The van der Waals surface area contributed by atoms with Gasteiger partial charge in [-0.25, -0.2) is 0 Å². The maximum absolute atomic E-state index is 5.71. The van der Waals surface area contributed by atoms with Crippen LogP contribution in [0.3, 0.4) is 0 Å². The lowest BCUT2D eigenvalue weighted by atomic mass is 10.2. The number of guanidine groups is 1. The van der Waals surface area contributed by atoms with E-state index in [4.69, 9.17) is 18.9 Å². The molecule has 0 radical (unpaired) electrons. The van der Waals surface area contributed by atoms with E-state index < -0.39 is 0 Å².